The first kappa shape index (κ1) is 24.6. The Balaban J connectivity index is 1.69. The lowest BCUT2D eigenvalue weighted by Gasteiger charge is -2.20. The van der Waals surface area contributed by atoms with Crippen molar-refractivity contribution in [3.05, 3.63) is 53.2 Å². The molecule has 7 nitrogen and oxygen atoms in total. The number of aromatic nitrogens is 1. The van der Waals surface area contributed by atoms with Crippen LogP contribution in [0.2, 0.25) is 0 Å². The van der Waals surface area contributed by atoms with E-state index in [1.807, 2.05) is 19.1 Å². The molecule has 0 spiro atoms. The molecule has 1 unspecified atom stereocenters. The van der Waals surface area contributed by atoms with Crippen LogP contribution in [0.4, 0.5) is 14.6 Å². The number of rotatable bonds is 8. The van der Waals surface area contributed by atoms with Crippen LogP contribution in [-0.2, 0) is 11.2 Å². The first-order chi connectivity index (χ1) is 15.3. The van der Waals surface area contributed by atoms with Gasteiger partial charge in [0, 0.05) is 18.2 Å². The number of anilines is 1. The second-order valence-corrected chi connectivity index (χ2v) is 9.15. The lowest BCUT2D eigenvalue weighted by atomic mass is 9.99. The number of benzene rings is 1. The maximum atomic E-state index is 14.7. The van der Waals surface area contributed by atoms with Gasteiger partial charge in [0.15, 0.2) is 23.5 Å². The number of nitrogens with zero attached hydrogens (tertiary/aromatic N) is 2. The molecule has 3 rings (SSSR count). The van der Waals surface area contributed by atoms with Crippen molar-refractivity contribution in [2.75, 3.05) is 18.8 Å². The summed E-state index contributed by atoms with van der Waals surface area (Å²) < 4.78 is 34.8. The number of halogens is 2. The highest BCUT2D eigenvalue weighted by molar-refractivity contribution is 5.96. The average molecular weight is 462 g/mol. The molecule has 0 saturated carbocycles. The Morgan fingerprint density at radius 3 is 2.61 bits per heavy atom. The SMILES string of the molecule is Cc1ccc(CC(=O)N2CC(Oc3cc(C(=O)CCC(C)(C)O)cnc3N)C(F)(F)C2)cc1. The Kier molecular flexibility index (Phi) is 7.02. The van der Waals surface area contributed by atoms with Crippen molar-refractivity contribution in [1.29, 1.82) is 0 Å². The number of nitrogen functional groups attached to an aromatic ring is 1. The van der Waals surface area contributed by atoms with Crippen LogP contribution in [0, 0.1) is 6.92 Å². The second-order valence-electron chi connectivity index (χ2n) is 9.15. The topological polar surface area (TPSA) is 106 Å². The van der Waals surface area contributed by atoms with E-state index < -0.39 is 30.1 Å². The zero-order valence-electron chi connectivity index (χ0n) is 19.0. The number of carbonyl (C=O) groups excluding carboxylic acids is 2. The Morgan fingerprint density at radius 2 is 1.97 bits per heavy atom. The first-order valence-corrected chi connectivity index (χ1v) is 10.7. The van der Waals surface area contributed by atoms with Crippen molar-refractivity contribution in [1.82, 2.24) is 9.88 Å². The Hall–Kier alpha value is -3.07. The maximum absolute atomic E-state index is 14.7. The van der Waals surface area contributed by atoms with Crippen molar-refractivity contribution in [2.45, 2.75) is 57.7 Å². The van der Waals surface area contributed by atoms with Gasteiger partial charge in [-0.1, -0.05) is 29.8 Å². The summed E-state index contributed by atoms with van der Waals surface area (Å²) in [5.41, 5.74) is 6.71. The van der Waals surface area contributed by atoms with Gasteiger partial charge in [0.2, 0.25) is 5.91 Å². The number of hydrogen-bond donors (Lipinski definition) is 2. The van der Waals surface area contributed by atoms with Crippen molar-refractivity contribution in [2.24, 2.45) is 0 Å². The molecule has 1 fully saturated rings. The van der Waals surface area contributed by atoms with Crippen molar-refractivity contribution in [3.8, 4) is 5.75 Å². The first-order valence-electron chi connectivity index (χ1n) is 10.7. The highest BCUT2D eigenvalue weighted by Crippen LogP contribution is 2.33. The van der Waals surface area contributed by atoms with Gasteiger partial charge in [-0.2, -0.15) is 0 Å². The van der Waals surface area contributed by atoms with Gasteiger partial charge >= 0.3 is 5.92 Å². The number of amides is 1. The summed E-state index contributed by atoms with van der Waals surface area (Å²) in [5.74, 6) is -4.30. The minimum absolute atomic E-state index is 0.0119. The standard InChI is InChI=1S/C24H29F2N3O4/c1-15-4-6-16(7-5-15)10-21(31)29-13-20(24(25,26)14-29)33-19-11-17(12-28-22(19)27)18(30)8-9-23(2,3)32/h4-7,11-12,20,32H,8-10,13-14H2,1-3H3,(H2,27,28). The van der Waals surface area contributed by atoms with E-state index in [1.165, 1.54) is 12.3 Å². The number of carbonyl (C=O) groups is 2. The molecule has 2 aromatic rings. The molecule has 9 heteroatoms. The van der Waals surface area contributed by atoms with Gasteiger partial charge < -0.3 is 20.5 Å². The van der Waals surface area contributed by atoms with Crippen molar-refractivity contribution < 1.29 is 28.2 Å². The molecule has 178 valence electrons. The fraction of sp³-hybridized carbons (Fsp3) is 0.458. The van der Waals surface area contributed by atoms with E-state index in [-0.39, 0.29) is 48.7 Å². The third kappa shape index (κ3) is 6.47. The molecule has 33 heavy (non-hydrogen) atoms. The van der Waals surface area contributed by atoms with Gasteiger partial charge in [-0.05, 0) is 38.8 Å². The fourth-order valence-corrected chi connectivity index (χ4v) is 3.48. The number of pyridine rings is 1. The molecule has 0 radical (unpaired) electrons. The molecule has 0 bridgehead atoms. The number of alkyl halides is 2. The number of aliphatic hydroxyl groups is 1. The number of nitrogens with two attached hydrogens (primary N) is 1. The van der Waals surface area contributed by atoms with E-state index in [2.05, 4.69) is 4.98 Å². The third-order valence-electron chi connectivity index (χ3n) is 5.52. The molecule has 1 atom stereocenters. The minimum Gasteiger partial charge on any atom is -0.478 e. The van der Waals surface area contributed by atoms with Gasteiger partial charge in [0.1, 0.15) is 0 Å². The van der Waals surface area contributed by atoms with Crippen LogP contribution < -0.4 is 10.5 Å². The Morgan fingerprint density at radius 1 is 1.30 bits per heavy atom. The summed E-state index contributed by atoms with van der Waals surface area (Å²) in [5, 5.41) is 9.81. The van der Waals surface area contributed by atoms with E-state index in [4.69, 9.17) is 10.5 Å². The Bertz CT molecular complexity index is 1020. The number of Topliss-reactive ketones (excluding diaryl/α,β-unsaturated/α-hetero) is 1. The normalized spacial score (nSPS) is 17.8. The van der Waals surface area contributed by atoms with Gasteiger partial charge in [-0.3, -0.25) is 9.59 Å². The number of ketones is 1. The lowest BCUT2D eigenvalue weighted by Crippen LogP contribution is -2.36. The van der Waals surface area contributed by atoms with Crippen LogP contribution in [0.15, 0.2) is 36.5 Å². The van der Waals surface area contributed by atoms with Crippen LogP contribution >= 0.6 is 0 Å². The smallest absolute Gasteiger partial charge is 0.302 e. The fourth-order valence-electron chi connectivity index (χ4n) is 3.48. The summed E-state index contributed by atoms with van der Waals surface area (Å²) in [6, 6.07) is 8.59. The third-order valence-corrected chi connectivity index (χ3v) is 5.52. The summed E-state index contributed by atoms with van der Waals surface area (Å²) in [6.45, 7) is 4.02. The molecule has 1 saturated heterocycles. The summed E-state index contributed by atoms with van der Waals surface area (Å²) in [4.78, 5) is 30.0. The molecular weight excluding hydrogens is 432 g/mol. The van der Waals surface area contributed by atoms with Crippen molar-refractivity contribution >= 4 is 17.5 Å². The molecular formula is C24H29F2N3O4. The van der Waals surface area contributed by atoms with E-state index in [1.54, 1.807) is 26.0 Å². The molecule has 2 heterocycles. The van der Waals surface area contributed by atoms with E-state index in [0.717, 1.165) is 16.0 Å². The highest BCUT2D eigenvalue weighted by atomic mass is 19.3. The van der Waals surface area contributed by atoms with E-state index in [0.29, 0.717) is 0 Å². The monoisotopic (exact) mass is 461 g/mol. The zero-order valence-corrected chi connectivity index (χ0v) is 19.0. The minimum atomic E-state index is -3.30. The molecule has 1 aliphatic rings. The summed E-state index contributed by atoms with van der Waals surface area (Å²) in [6.07, 6.45) is -0.0808. The van der Waals surface area contributed by atoms with E-state index >= 15 is 0 Å². The number of hydrogen-bond acceptors (Lipinski definition) is 6. The zero-order chi connectivity index (χ0) is 24.4. The molecule has 3 N–H and O–H groups in total. The van der Waals surface area contributed by atoms with Gasteiger partial charge in [-0.25, -0.2) is 13.8 Å². The lowest BCUT2D eigenvalue weighted by molar-refractivity contribution is -0.131. The van der Waals surface area contributed by atoms with Crippen LogP contribution in [0.25, 0.3) is 0 Å². The van der Waals surface area contributed by atoms with Crippen LogP contribution in [0.5, 0.6) is 5.75 Å². The van der Waals surface area contributed by atoms with E-state index in [9.17, 15) is 23.5 Å². The quantitative estimate of drug-likeness (QED) is 0.585. The predicted molar refractivity (Wildman–Crippen MR) is 119 cm³/mol. The predicted octanol–water partition coefficient (Wildman–Crippen LogP) is 3.17. The molecule has 0 aliphatic carbocycles. The van der Waals surface area contributed by atoms with Gasteiger partial charge in [0.05, 0.1) is 25.1 Å². The molecule has 1 amide bonds. The molecule has 1 aliphatic heterocycles. The maximum Gasteiger partial charge on any atom is 0.302 e. The molecule has 1 aromatic carbocycles. The van der Waals surface area contributed by atoms with Crippen LogP contribution in [-0.4, -0.2) is 57.4 Å². The van der Waals surface area contributed by atoms with Crippen LogP contribution in [0.3, 0.4) is 0 Å². The van der Waals surface area contributed by atoms with Crippen molar-refractivity contribution in [3.63, 3.8) is 0 Å². The summed E-state index contributed by atoms with van der Waals surface area (Å²) in [7, 11) is 0. The molecule has 1 aromatic heterocycles. The Labute approximate surface area is 191 Å². The second kappa shape index (κ2) is 9.43. The van der Waals surface area contributed by atoms with Crippen LogP contribution in [0.1, 0.15) is 48.2 Å². The highest BCUT2D eigenvalue weighted by Gasteiger charge is 2.51. The van der Waals surface area contributed by atoms with Gasteiger partial charge in [0.25, 0.3) is 0 Å². The average Bonchev–Trinajstić information content (AvgIpc) is 3.03. The number of aryl methyl sites for hydroxylation is 1. The summed E-state index contributed by atoms with van der Waals surface area (Å²) >= 11 is 0. The van der Waals surface area contributed by atoms with Gasteiger partial charge in [-0.15, -0.1) is 0 Å². The largest absolute Gasteiger partial charge is 0.478 e. The number of ether oxygens (including phenoxy) is 1. The number of likely N-dealkylation sites (tertiary alicyclic amines) is 1.